The summed E-state index contributed by atoms with van der Waals surface area (Å²) >= 11 is 0. The van der Waals surface area contributed by atoms with Crippen molar-refractivity contribution < 1.29 is 14.7 Å². The molecule has 0 fully saturated rings. The van der Waals surface area contributed by atoms with Crippen molar-refractivity contribution in [1.82, 2.24) is 4.90 Å². The lowest BCUT2D eigenvalue weighted by molar-refractivity contribution is -0.137. The first-order valence-electron chi connectivity index (χ1n) is 6.62. The van der Waals surface area contributed by atoms with Gasteiger partial charge >= 0.3 is 12.0 Å². The van der Waals surface area contributed by atoms with Crippen molar-refractivity contribution in [2.75, 3.05) is 18.4 Å². The monoisotopic (exact) mass is 289 g/mol. The van der Waals surface area contributed by atoms with Gasteiger partial charge in [0, 0.05) is 6.54 Å². The second kappa shape index (κ2) is 7.29. The molecule has 6 heteroatoms. The highest BCUT2D eigenvalue weighted by atomic mass is 16.4. The minimum Gasteiger partial charge on any atom is -0.480 e. The van der Waals surface area contributed by atoms with Crippen molar-refractivity contribution in [1.29, 1.82) is 5.26 Å². The lowest BCUT2D eigenvalue weighted by Gasteiger charge is -2.23. The number of hydrogen-bond donors (Lipinski definition) is 2. The zero-order valence-electron chi connectivity index (χ0n) is 12.4. The van der Waals surface area contributed by atoms with Crippen LogP contribution in [0.5, 0.6) is 0 Å². The van der Waals surface area contributed by atoms with Crippen LogP contribution in [0.25, 0.3) is 0 Å². The summed E-state index contributed by atoms with van der Waals surface area (Å²) < 4.78 is 0. The van der Waals surface area contributed by atoms with Gasteiger partial charge < -0.3 is 15.3 Å². The molecule has 2 amide bonds. The van der Waals surface area contributed by atoms with Gasteiger partial charge in [0.05, 0.1) is 11.3 Å². The fraction of sp³-hybridized carbons (Fsp3) is 0.400. The van der Waals surface area contributed by atoms with E-state index in [1.165, 1.54) is 4.90 Å². The van der Waals surface area contributed by atoms with E-state index in [4.69, 9.17) is 10.4 Å². The van der Waals surface area contributed by atoms with E-state index >= 15 is 0 Å². The number of nitrogens with one attached hydrogen (secondary N) is 1. The van der Waals surface area contributed by atoms with Crippen LogP contribution >= 0.6 is 0 Å². The Hall–Kier alpha value is -2.55. The standard InChI is InChI=1S/C15H19N3O3/c1-10(2)8-18(9-14(19)20)15(21)17-13-6-4-5-11(3)12(13)7-16/h4-6,10H,8-9H2,1-3H3,(H,17,21)(H,19,20). The Morgan fingerprint density at radius 1 is 1.43 bits per heavy atom. The second-order valence-electron chi connectivity index (χ2n) is 5.21. The van der Waals surface area contributed by atoms with Gasteiger partial charge in [-0.25, -0.2) is 4.79 Å². The number of aryl methyl sites for hydroxylation is 1. The smallest absolute Gasteiger partial charge is 0.323 e. The van der Waals surface area contributed by atoms with Crippen LogP contribution in [0.3, 0.4) is 0 Å². The van der Waals surface area contributed by atoms with E-state index in [9.17, 15) is 9.59 Å². The summed E-state index contributed by atoms with van der Waals surface area (Å²) in [7, 11) is 0. The number of carbonyl (C=O) groups is 2. The molecule has 2 N–H and O–H groups in total. The third kappa shape index (κ3) is 4.80. The Bertz CT molecular complexity index is 576. The first-order chi connectivity index (χ1) is 9.85. The third-order valence-electron chi connectivity index (χ3n) is 2.83. The number of anilines is 1. The Kier molecular flexibility index (Phi) is 5.73. The van der Waals surface area contributed by atoms with E-state index in [2.05, 4.69) is 5.32 Å². The molecule has 0 aliphatic heterocycles. The van der Waals surface area contributed by atoms with E-state index in [-0.39, 0.29) is 12.5 Å². The normalized spacial score (nSPS) is 10.0. The van der Waals surface area contributed by atoms with Crippen molar-refractivity contribution in [3.05, 3.63) is 29.3 Å². The van der Waals surface area contributed by atoms with Gasteiger partial charge in [-0.05, 0) is 24.5 Å². The Labute approximate surface area is 124 Å². The molecule has 0 radical (unpaired) electrons. The zero-order valence-corrected chi connectivity index (χ0v) is 12.4. The molecule has 0 spiro atoms. The zero-order chi connectivity index (χ0) is 16.0. The van der Waals surface area contributed by atoms with Gasteiger partial charge in [0.1, 0.15) is 12.6 Å². The van der Waals surface area contributed by atoms with Gasteiger partial charge in [0.15, 0.2) is 0 Å². The maximum Gasteiger partial charge on any atom is 0.323 e. The molecule has 0 saturated carbocycles. The maximum absolute atomic E-state index is 12.2. The number of nitriles is 1. The number of amides is 2. The van der Waals surface area contributed by atoms with E-state index in [0.29, 0.717) is 17.8 Å². The maximum atomic E-state index is 12.2. The molecule has 1 rings (SSSR count). The summed E-state index contributed by atoms with van der Waals surface area (Å²) in [6.07, 6.45) is 0. The molecule has 21 heavy (non-hydrogen) atoms. The van der Waals surface area contributed by atoms with Gasteiger partial charge in [-0.1, -0.05) is 26.0 Å². The van der Waals surface area contributed by atoms with Crippen LogP contribution in [0.4, 0.5) is 10.5 Å². The van der Waals surface area contributed by atoms with E-state index in [1.807, 2.05) is 19.9 Å². The van der Waals surface area contributed by atoms with Crippen LogP contribution in [0.2, 0.25) is 0 Å². The molecule has 0 aliphatic carbocycles. The number of rotatable bonds is 5. The summed E-state index contributed by atoms with van der Waals surface area (Å²) in [4.78, 5) is 24.3. The fourth-order valence-electron chi connectivity index (χ4n) is 1.94. The molecule has 6 nitrogen and oxygen atoms in total. The second-order valence-corrected chi connectivity index (χ2v) is 5.21. The van der Waals surface area contributed by atoms with E-state index in [0.717, 1.165) is 5.56 Å². The molecule has 1 aromatic rings. The van der Waals surface area contributed by atoms with Gasteiger partial charge in [0.2, 0.25) is 0 Å². The Morgan fingerprint density at radius 3 is 2.62 bits per heavy atom. The molecule has 0 unspecified atom stereocenters. The first-order valence-corrected chi connectivity index (χ1v) is 6.62. The van der Waals surface area contributed by atoms with Gasteiger partial charge in [-0.2, -0.15) is 5.26 Å². The first kappa shape index (κ1) is 16.5. The number of aliphatic carboxylic acids is 1. The molecule has 1 aromatic carbocycles. The fourth-order valence-corrected chi connectivity index (χ4v) is 1.94. The number of hydrogen-bond acceptors (Lipinski definition) is 3. The molecule has 112 valence electrons. The Balaban J connectivity index is 2.94. The third-order valence-corrected chi connectivity index (χ3v) is 2.83. The number of carbonyl (C=O) groups excluding carboxylic acids is 1. The highest BCUT2D eigenvalue weighted by molar-refractivity contribution is 5.92. The molecule has 0 aliphatic rings. The summed E-state index contributed by atoms with van der Waals surface area (Å²) in [5, 5.41) is 20.6. The molecule has 0 atom stereocenters. The van der Waals surface area contributed by atoms with E-state index in [1.54, 1.807) is 25.1 Å². The number of carboxylic acid groups (broad SMARTS) is 1. The van der Waals surface area contributed by atoms with E-state index < -0.39 is 12.0 Å². The summed E-state index contributed by atoms with van der Waals surface area (Å²) in [5.41, 5.74) is 1.52. The van der Waals surface area contributed by atoms with Crippen LogP contribution < -0.4 is 5.32 Å². The minimum absolute atomic E-state index is 0.142. The molecule has 0 heterocycles. The van der Waals surface area contributed by atoms with Crippen molar-refractivity contribution in [2.24, 2.45) is 5.92 Å². The largest absolute Gasteiger partial charge is 0.480 e. The lowest BCUT2D eigenvalue weighted by Crippen LogP contribution is -2.41. The molecular formula is C15H19N3O3. The molecule has 0 saturated heterocycles. The molecule has 0 bridgehead atoms. The predicted molar refractivity (Wildman–Crippen MR) is 79.0 cm³/mol. The summed E-state index contributed by atoms with van der Waals surface area (Å²) in [6.45, 7) is 5.52. The van der Waals surface area contributed by atoms with Crippen molar-refractivity contribution in [3.8, 4) is 6.07 Å². The SMILES string of the molecule is Cc1cccc(NC(=O)N(CC(=O)O)CC(C)C)c1C#N. The van der Waals surface area contributed by atoms with Gasteiger partial charge in [0.25, 0.3) is 0 Å². The van der Waals surface area contributed by atoms with Crippen molar-refractivity contribution in [3.63, 3.8) is 0 Å². The highest BCUT2D eigenvalue weighted by Gasteiger charge is 2.19. The minimum atomic E-state index is -1.07. The van der Waals surface area contributed by atoms with Crippen molar-refractivity contribution in [2.45, 2.75) is 20.8 Å². The Morgan fingerprint density at radius 2 is 2.10 bits per heavy atom. The van der Waals surface area contributed by atoms with Crippen LogP contribution in [0, 0.1) is 24.2 Å². The topological polar surface area (TPSA) is 93.4 Å². The number of urea groups is 1. The number of carboxylic acids is 1. The summed E-state index contributed by atoms with van der Waals surface area (Å²) in [5.74, 6) is -0.932. The molecule has 0 aromatic heterocycles. The quantitative estimate of drug-likeness (QED) is 0.870. The average molecular weight is 289 g/mol. The average Bonchev–Trinajstić information content (AvgIpc) is 2.37. The number of nitrogens with zero attached hydrogens (tertiary/aromatic N) is 2. The van der Waals surface area contributed by atoms with Gasteiger partial charge in [-0.15, -0.1) is 0 Å². The molecular weight excluding hydrogens is 270 g/mol. The van der Waals surface area contributed by atoms with Crippen LogP contribution in [-0.4, -0.2) is 35.1 Å². The van der Waals surface area contributed by atoms with Gasteiger partial charge in [-0.3, -0.25) is 4.79 Å². The van der Waals surface area contributed by atoms with Crippen LogP contribution in [-0.2, 0) is 4.79 Å². The van der Waals surface area contributed by atoms with Crippen LogP contribution in [0.15, 0.2) is 18.2 Å². The lowest BCUT2D eigenvalue weighted by atomic mass is 10.1. The van der Waals surface area contributed by atoms with Crippen molar-refractivity contribution >= 4 is 17.7 Å². The highest BCUT2D eigenvalue weighted by Crippen LogP contribution is 2.19. The summed E-state index contributed by atoms with van der Waals surface area (Å²) in [6, 6.07) is 6.65. The predicted octanol–water partition coefficient (Wildman–Crippen LogP) is 2.44. The number of benzene rings is 1. The van der Waals surface area contributed by atoms with Crippen LogP contribution in [0.1, 0.15) is 25.0 Å².